The highest BCUT2D eigenvalue weighted by Crippen LogP contribution is 2.17. The highest BCUT2D eigenvalue weighted by atomic mass is 16.5. The standard InChI is InChI=1S/C18H29N5O2/c24-18(21-15-5-2-1-3-6-15)8-10-23-11-12-25-16(14-23)13-19-17-7-4-9-20-22-17/h4,7,9,15-16H,1-3,5-6,8,10-14H2,(H,19,22)(H,21,24). The molecular formula is C18H29N5O2. The van der Waals surface area contributed by atoms with Crippen LogP contribution in [0.15, 0.2) is 18.3 Å². The van der Waals surface area contributed by atoms with E-state index in [0.717, 1.165) is 38.3 Å². The summed E-state index contributed by atoms with van der Waals surface area (Å²) in [6, 6.07) is 4.15. The molecule has 1 aliphatic heterocycles. The smallest absolute Gasteiger partial charge is 0.221 e. The average molecular weight is 347 g/mol. The zero-order valence-corrected chi connectivity index (χ0v) is 14.8. The van der Waals surface area contributed by atoms with Gasteiger partial charge in [0.2, 0.25) is 5.91 Å². The minimum atomic E-state index is 0.108. The van der Waals surface area contributed by atoms with Crippen molar-refractivity contribution in [2.75, 3.05) is 38.1 Å². The molecule has 7 nitrogen and oxygen atoms in total. The molecule has 2 fully saturated rings. The maximum atomic E-state index is 12.1. The van der Waals surface area contributed by atoms with Crippen LogP contribution in [0.4, 0.5) is 5.82 Å². The van der Waals surface area contributed by atoms with E-state index in [-0.39, 0.29) is 12.0 Å². The van der Waals surface area contributed by atoms with Crippen LogP contribution in [0.25, 0.3) is 0 Å². The summed E-state index contributed by atoms with van der Waals surface area (Å²) in [6.07, 6.45) is 8.41. The molecule has 25 heavy (non-hydrogen) atoms. The summed E-state index contributed by atoms with van der Waals surface area (Å²) in [5.74, 6) is 0.947. The number of ether oxygens (including phenoxy) is 1. The van der Waals surface area contributed by atoms with Crippen molar-refractivity contribution >= 4 is 11.7 Å². The van der Waals surface area contributed by atoms with E-state index in [4.69, 9.17) is 4.74 Å². The quantitative estimate of drug-likeness (QED) is 0.777. The SMILES string of the molecule is O=C(CCN1CCOC(CNc2cccnn2)C1)NC1CCCCC1. The summed E-state index contributed by atoms with van der Waals surface area (Å²) in [5.41, 5.74) is 0. The van der Waals surface area contributed by atoms with Crippen molar-refractivity contribution in [3.05, 3.63) is 18.3 Å². The van der Waals surface area contributed by atoms with Crippen LogP contribution in [0.2, 0.25) is 0 Å². The summed E-state index contributed by atoms with van der Waals surface area (Å²) < 4.78 is 5.81. The van der Waals surface area contributed by atoms with Gasteiger partial charge in [-0.2, -0.15) is 5.10 Å². The molecule has 1 atom stereocenters. The second-order valence-corrected chi connectivity index (χ2v) is 6.94. The number of amides is 1. The molecule has 1 aromatic heterocycles. The van der Waals surface area contributed by atoms with Gasteiger partial charge in [0.15, 0.2) is 0 Å². The molecular weight excluding hydrogens is 318 g/mol. The Morgan fingerprint density at radius 1 is 1.32 bits per heavy atom. The monoisotopic (exact) mass is 347 g/mol. The summed E-state index contributed by atoms with van der Waals surface area (Å²) >= 11 is 0. The maximum Gasteiger partial charge on any atom is 0.221 e. The molecule has 1 aromatic rings. The van der Waals surface area contributed by atoms with Gasteiger partial charge in [-0.05, 0) is 25.0 Å². The summed E-state index contributed by atoms with van der Waals surface area (Å²) in [6.45, 7) is 3.92. The van der Waals surface area contributed by atoms with E-state index in [1.165, 1.54) is 19.3 Å². The number of aromatic nitrogens is 2. The molecule has 0 radical (unpaired) electrons. The molecule has 2 N–H and O–H groups in total. The predicted molar refractivity (Wildman–Crippen MR) is 96.3 cm³/mol. The maximum absolute atomic E-state index is 12.1. The van der Waals surface area contributed by atoms with Crippen molar-refractivity contribution in [2.45, 2.75) is 50.7 Å². The lowest BCUT2D eigenvalue weighted by Crippen LogP contribution is -2.46. The Balaban J connectivity index is 1.34. The zero-order valence-electron chi connectivity index (χ0n) is 14.8. The fourth-order valence-electron chi connectivity index (χ4n) is 3.53. The Morgan fingerprint density at radius 3 is 3.00 bits per heavy atom. The first-order valence-electron chi connectivity index (χ1n) is 9.44. The van der Waals surface area contributed by atoms with Crippen molar-refractivity contribution in [2.24, 2.45) is 0 Å². The van der Waals surface area contributed by atoms with Gasteiger partial charge in [0.05, 0.1) is 12.7 Å². The van der Waals surface area contributed by atoms with Crippen molar-refractivity contribution in [1.82, 2.24) is 20.4 Å². The highest BCUT2D eigenvalue weighted by molar-refractivity contribution is 5.76. The third-order valence-corrected chi connectivity index (χ3v) is 4.93. The van der Waals surface area contributed by atoms with Crippen LogP contribution in [0.5, 0.6) is 0 Å². The molecule has 0 spiro atoms. The lowest BCUT2D eigenvalue weighted by atomic mass is 9.95. The number of anilines is 1. The number of morpholine rings is 1. The van der Waals surface area contributed by atoms with Crippen LogP contribution in [0, 0.1) is 0 Å². The number of nitrogens with one attached hydrogen (secondary N) is 2. The molecule has 0 aromatic carbocycles. The summed E-state index contributed by atoms with van der Waals surface area (Å²) in [5, 5.41) is 14.3. The molecule has 1 saturated heterocycles. The van der Waals surface area contributed by atoms with E-state index in [2.05, 4.69) is 25.7 Å². The van der Waals surface area contributed by atoms with Gasteiger partial charge in [0, 0.05) is 44.8 Å². The summed E-state index contributed by atoms with van der Waals surface area (Å²) in [4.78, 5) is 14.5. The van der Waals surface area contributed by atoms with E-state index in [1.807, 2.05) is 12.1 Å². The molecule has 1 unspecified atom stereocenters. The number of nitrogens with zero attached hydrogens (tertiary/aromatic N) is 3. The molecule has 0 bridgehead atoms. The van der Waals surface area contributed by atoms with Crippen molar-refractivity contribution in [1.29, 1.82) is 0 Å². The fourth-order valence-corrected chi connectivity index (χ4v) is 3.53. The van der Waals surface area contributed by atoms with Gasteiger partial charge in [-0.15, -0.1) is 5.10 Å². The predicted octanol–water partition coefficient (Wildman–Crippen LogP) is 1.43. The van der Waals surface area contributed by atoms with Gasteiger partial charge in [-0.25, -0.2) is 0 Å². The Hall–Kier alpha value is -1.73. The second kappa shape index (κ2) is 9.68. The van der Waals surface area contributed by atoms with Gasteiger partial charge in [0.25, 0.3) is 0 Å². The molecule has 1 amide bonds. The fraction of sp³-hybridized carbons (Fsp3) is 0.722. The Labute approximate surface area is 149 Å². The van der Waals surface area contributed by atoms with Crippen LogP contribution >= 0.6 is 0 Å². The first-order valence-corrected chi connectivity index (χ1v) is 9.44. The van der Waals surface area contributed by atoms with Crippen LogP contribution < -0.4 is 10.6 Å². The van der Waals surface area contributed by atoms with E-state index < -0.39 is 0 Å². The largest absolute Gasteiger partial charge is 0.374 e. The van der Waals surface area contributed by atoms with Crippen LogP contribution in [0.1, 0.15) is 38.5 Å². The molecule has 3 rings (SSSR count). The number of hydrogen-bond acceptors (Lipinski definition) is 6. The average Bonchev–Trinajstić information content (AvgIpc) is 2.67. The van der Waals surface area contributed by atoms with E-state index >= 15 is 0 Å². The van der Waals surface area contributed by atoms with Gasteiger partial charge >= 0.3 is 0 Å². The third-order valence-electron chi connectivity index (χ3n) is 4.93. The van der Waals surface area contributed by atoms with Crippen molar-refractivity contribution in [3.8, 4) is 0 Å². The minimum absolute atomic E-state index is 0.108. The van der Waals surface area contributed by atoms with Crippen LogP contribution in [-0.4, -0.2) is 65.9 Å². The Morgan fingerprint density at radius 2 is 2.20 bits per heavy atom. The molecule has 2 aliphatic rings. The highest BCUT2D eigenvalue weighted by Gasteiger charge is 2.21. The van der Waals surface area contributed by atoms with Crippen LogP contribution in [0.3, 0.4) is 0 Å². The lowest BCUT2D eigenvalue weighted by Gasteiger charge is -2.33. The minimum Gasteiger partial charge on any atom is -0.374 e. The topological polar surface area (TPSA) is 79.4 Å². The van der Waals surface area contributed by atoms with Crippen LogP contribution in [-0.2, 0) is 9.53 Å². The van der Waals surface area contributed by atoms with E-state index in [9.17, 15) is 4.79 Å². The number of carbonyl (C=O) groups is 1. The van der Waals surface area contributed by atoms with E-state index in [0.29, 0.717) is 25.6 Å². The lowest BCUT2D eigenvalue weighted by molar-refractivity contribution is -0.122. The molecule has 1 aliphatic carbocycles. The Kier molecular flexibility index (Phi) is 6.99. The van der Waals surface area contributed by atoms with Crippen molar-refractivity contribution < 1.29 is 9.53 Å². The first kappa shape index (κ1) is 18.1. The zero-order chi connectivity index (χ0) is 17.3. The molecule has 7 heteroatoms. The molecule has 2 heterocycles. The first-order chi connectivity index (χ1) is 12.3. The van der Waals surface area contributed by atoms with Gasteiger partial charge < -0.3 is 15.4 Å². The van der Waals surface area contributed by atoms with Crippen molar-refractivity contribution in [3.63, 3.8) is 0 Å². The summed E-state index contributed by atoms with van der Waals surface area (Å²) in [7, 11) is 0. The third kappa shape index (κ3) is 6.25. The normalized spacial score (nSPS) is 22.5. The molecule has 1 saturated carbocycles. The van der Waals surface area contributed by atoms with Gasteiger partial charge in [-0.1, -0.05) is 19.3 Å². The second-order valence-electron chi connectivity index (χ2n) is 6.94. The Bertz CT molecular complexity index is 521. The molecule has 138 valence electrons. The van der Waals surface area contributed by atoms with Gasteiger partial charge in [-0.3, -0.25) is 9.69 Å². The number of carbonyl (C=O) groups excluding carboxylic acids is 1. The number of hydrogen-bond donors (Lipinski definition) is 2. The van der Waals surface area contributed by atoms with Gasteiger partial charge in [0.1, 0.15) is 5.82 Å². The number of rotatable bonds is 7. The van der Waals surface area contributed by atoms with E-state index in [1.54, 1.807) is 6.20 Å².